The Balaban J connectivity index is 1.91. The van der Waals surface area contributed by atoms with E-state index in [2.05, 4.69) is 31.3 Å². The first-order chi connectivity index (χ1) is 12.1. The van der Waals surface area contributed by atoms with E-state index in [0.29, 0.717) is 30.3 Å². The van der Waals surface area contributed by atoms with Crippen LogP contribution in [0.3, 0.4) is 0 Å². The topological polar surface area (TPSA) is 69.9 Å². The molecule has 128 valence electrons. The van der Waals surface area contributed by atoms with E-state index in [1.54, 1.807) is 12.1 Å². The molecule has 0 fully saturated rings. The molecule has 0 saturated heterocycles. The van der Waals surface area contributed by atoms with Gasteiger partial charge in [-0.3, -0.25) is 4.79 Å². The third-order valence-corrected chi connectivity index (χ3v) is 4.34. The third kappa shape index (κ3) is 3.93. The zero-order valence-corrected chi connectivity index (χ0v) is 15.5. The Morgan fingerprint density at radius 3 is 2.76 bits per heavy atom. The molecule has 3 aromatic rings. The van der Waals surface area contributed by atoms with Crippen LogP contribution in [0.25, 0.3) is 11.4 Å². The lowest BCUT2D eigenvalue weighted by Gasteiger charge is -2.10. The maximum absolute atomic E-state index is 11.6. The van der Waals surface area contributed by atoms with Gasteiger partial charge in [-0.15, -0.1) is 10.2 Å². The van der Waals surface area contributed by atoms with E-state index < -0.39 is 0 Å². The lowest BCUT2D eigenvalue weighted by atomic mass is 10.1. The number of tetrazole rings is 1. The number of benzene rings is 2. The quantitative estimate of drug-likeness (QED) is 0.589. The molecular weight excluding hydrogens is 384 g/mol. The summed E-state index contributed by atoms with van der Waals surface area (Å²) in [6, 6.07) is 13.1. The van der Waals surface area contributed by atoms with Crippen LogP contribution in [-0.2, 0) is 6.54 Å². The van der Waals surface area contributed by atoms with Crippen molar-refractivity contribution in [3.63, 3.8) is 0 Å². The van der Waals surface area contributed by atoms with Crippen molar-refractivity contribution in [1.82, 2.24) is 20.2 Å². The molecule has 0 saturated carbocycles. The van der Waals surface area contributed by atoms with Crippen molar-refractivity contribution < 1.29 is 9.53 Å². The Bertz CT molecular complexity index is 908. The number of ketones is 1. The molecule has 1 aromatic heterocycles. The van der Waals surface area contributed by atoms with Gasteiger partial charge in [0.25, 0.3) is 0 Å². The van der Waals surface area contributed by atoms with Crippen LogP contribution in [0.4, 0.5) is 0 Å². The number of aromatic nitrogens is 4. The van der Waals surface area contributed by atoms with Crippen LogP contribution in [-0.4, -0.2) is 32.6 Å². The fourth-order valence-electron chi connectivity index (χ4n) is 2.43. The number of rotatable bonds is 6. The van der Waals surface area contributed by atoms with Crippen molar-refractivity contribution >= 4 is 21.7 Å². The molecule has 7 heteroatoms. The van der Waals surface area contributed by atoms with Crippen molar-refractivity contribution in [2.75, 3.05) is 6.61 Å². The normalized spacial score (nSPS) is 10.7. The molecule has 0 atom stereocenters. The highest BCUT2D eigenvalue weighted by atomic mass is 79.9. The predicted octanol–water partition coefficient (Wildman–Crippen LogP) is 3.75. The number of hydrogen-bond donors (Lipinski definition) is 0. The van der Waals surface area contributed by atoms with Crippen molar-refractivity contribution in [3.8, 4) is 17.1 Å². The second-order valence-electron chi connectivity index (χ2n) is 5.43. The summed E-state index contributed by atoms with van der Waals surface area (Å²) < 4.78 is 6.55. The van der Waals surface area contributed by atoms with Gasteiger partial charge in [0.2, 0.25) is 5.82 Å². The Morgan fingerprint density at radius 2 is 2.04 bits per heavy atom. The van der Waals surface area contributed by atoms with E-state index in [0.717, 1.165) is 15.6 Å². The second-order valence-corrected chi connectivity index (χ2v) is 6.29. The number of carbonyl (C=O) groups is 1. The van der Waals surface area contributed by atoms with E-state index in [9.17, 15) is 4.79 Å². The fourth-order valence-corrected chi connectivity index (χ4v) is 2.89. The zero-order valence-electron chi connectivity index (χ0n) is 13.9. The van der Waals surface area contributed by atoms with Crippen LogP contribution in [0, 0.1) is 0 Å². The van der Waals surface area contributed by atoms with Gasteiger partial charge in [0.1, 0.15) is 5.75 Å². The highest BCUT2D eigenvalue weighted by Gasteiger charge is 2.12. The van der Waals surface area contributed by atoms with Crippen molar-refractivity contribution in [1.29, 1.82) is 0 Å². The maximum Gasteiger partial charge on any atom is 0.206 e. The van der Waals surface area contributed by atoms with Crippen LogP contribution in [0.5, 0.6) is 5.75 Å². The van der Waals surface area contributed by atoms with Crippen molar-refractivity contribution in [2.24, 2.45) is 0 Å². The van der Waals surface area contributed by atoms with Crippen LogP contribution in [0.1, 0.15) is 29.8 Å². The predicted molar refractivity (Wildman–Crippen MR) is 97.7 cm³/mol. The summed E-state index contributed by atoms with van der Waals surface area (Å²) in [6.45, 7) is 4.37. The van der Waals surface area contributed by atoms with Gasteiger partial charge in [0, 0.05) is 21.2 Å². The van der Waals surface area contributed by atoms with Gasteiger partial charge >= 0.3 is 0 Å². The van der Waals surface area contributed by atoms with Crippen molar-refractivity contribution in [3.05, 3.63) is 58.1 Å². The van der Waals surface area contributed by atoms with E-state index >= 15 is 0 Å². The maximum atomic E-state index is 11.6. The first kappa shape index (κ1) is 17.3. The molecule has 0 aliphatic rings. The fraction of sp³-hybridized carbons (Fsp3) is 0.222. The largest absolute Gasteiger partial charge is 0.494 e. The summed E-state index contributed by atoms with van der Waals surface area (Å²) in [5, 5.41) is 12.7. The van der Waals surface area contributed by atoms with Crippen molar-refractivity contribution in [2.45, 2.75) is 20.4 Å². The molecular formula is C18H17BrN4O2. The molecule has 2 aromatic carbocycles. The molecule has 25 heavy (non-hydrogen) atoms. The SMILES string of the molecule is CCOc1ccc(C(C)=O)cc1Cn1nnc(-c2ccccc2Br)n1. The van der Waals surface area contributed by atoms with Crippen LogP contribution in [0.2, 0.25) is 0 Å². The first-order valence-corrected chi connectivity index (χ1v) is 8.67. The number of halogens is 1. The summed E-state index contributed by atoms with van der Waals surface area (Å²) >= 11 is 3.49. The van der Waals surface area contributed by atoms with E-state index in [1.165, 1.54) is 11.7 Å². The molecule has 0 unspecified atom stereocenters. The Labute approximate surface area is 153 Å². The van der Waals surface area contributed by atoms with Gasteiger partial charge in [-0.1, -0.05) is 28.1 Å². The van der Waals surface area contributed by atoms with Gasteiger partial charge in [-0.25, -0.2) is 0 Å². The summed E-state index contributed by atoms with van der Waals surface area (Å²) in [4.78, 5) is 13.1. The number of carbonyl (C=O) groups excluding carboxylic acids is 1. The van der Waals surface area contributed by atoms with E-state index in [-0.39, 0.29) is 5.78 Å². The van der Waals surface area contributed by atoms with Crippen LogP contribution < -0.4 is 4.74 Å². The summed E-state index contributed by atoms with van der Waals surface area (Å²) in [7, 11) is 0. The van der Waals surface area contributed by atoms with Gasteiger partial charge in [-0.2, -0.15) is 4.80 Å². The molecule has 6 nitrogen and oxygen atoms in total. The van der Waals surface area contributed by atoms with Gasteiger partial charge in [0.05, 0.1) is 13.2 Å². The number of ether oxygens (including phenoxy) is 1. The lowest BCUT2D eigenvalue weighted by molar-refractivity contribution is 0.101. The van der Waals surface area contributed by atoms with E-state index in [1.807, 2.05) is 37.3 Å². The average molecular weight is 401 g/mol. The Morgan fingerprint density at radius 1 is 1.24 bits per heavy atom. The standard InChI is InChI=1S/C18H17BrN4O2/c1-3-25-17-9-8-13(12(2)24)10-14(17)11-23-21-18(20-22-23)15-6-4-5-7-16(15)19/h4-10H,3,11H2,1-2H3. The zero-order chi connectivity index (χ0) is 17.8. The third-order valence-electron chi connectivity index (χ3n) is 3.65. The molecule has 0 aliphatic carbocycles. The molecule has 0 bridgehead atoms. The molecule has 0 radical (unpaired) electrons. The first-order valence-electron chi connectivity index (χ1n) is 7.88. The highest BCUT2D eigenvalue weighted by molar-refractivity contribution is 9.10. The van der Waals surface area contributed by atoms with Gasteiger partial charge in [-0.05, 0) is 49.4 Å². The molecule has 0 aliphatic heterocycles. The highest BCUT2D eigenvalue weighted by Crippen LogP contribution is 2.25. The van der Waals surface area contributed by atoms with Gasteiger partial charge < -0.3 is 4.74 Å². The minimum Gasteiger partial charge on any atom is -0.494 e. The number of nitrogens with zero attached hydrogens (tertiary/aromatic N) is 4. The van der Waals surface area contributed by atoms with Gasteiger partial charge in [0.15, 0.2) is 5.78 Å². The molecule has 0 N–H and O–H groups in total. The van der Waals surface area contributed by atoms with Crippen LogP contribution in [0.15, 0.2) is 46.9 Å². The Hall–Kier alpha value is -2.54. The Kier molecular flexibility index (Phi) is 5.23. The summed E-state index contributed by atoms with van der Waals surface area (Å²) in [5.74, 6) is 1.25. The molecule has 1 heterocycles. The minimum absolute atomic E-state index is 0.00440. The lowest BCUT2D eigenvalue weighted by Crippen LogP contribution is -2.08. The number of hydrogen-bond acceptors (Lipinski definition) is 5. The molecule has 3 rings (SSSR count). The average Bonchev–Trinajstić information content (AvgIpc) is 3.05. The summed E-state index contributed by atoms with van der Waals surface area (Å²) in [5.41, 5.74) is 2.34. The second kappa shape index (κ2) is 7.57. The number of Topliss-reactive ketones (excluding diaryl/α,β-unsaturated/α-hetero) is 1. The molecule has 0 spiro atoms. The van der Waals surface area contributed by atoms with E-state index in [4.69, 9.17) is 4.74 Å². The monoisotopic (exact) mass is 400 g/mol. The molecule has 0 amide bonds. The van der Waals surface area contributed by atoms with Crippen LogP contribution >= 0.6 is 15.9 Å². The smallest absolute Gasteiger partial charge is 0.206 e. The minimum atomic E-state index is 0.00440. The summed E-state index contributed by atoms with van der Waals surface area (Å²) in [6.07, 6.45) is 0.